The first-order valence-electron chi connectivity index (χ1n) is 7.40. The number of halogens is 1. The van der Waals surface area contributed by atoms with Gasteiger partial charge in [0.2, 0.25) is 0 Å². The van der Waals surface area contributed by atoms with Crippen molar-refractivity contribution in [2.24, 2.45) is 0 Å². The van der Waals surface area contributed by atoms with Crippen LogP contribution < -0.4 is 10.2 Å². The quantitative estimate of drug-likeness (QED) is 0.867. The van der Waals surface area contributed by atoms with Gasteiger partial charge >= 0.3 is 0 Å². The number of hydrogen-bond donors (Lipinski definition) is 1. The SMILES string of the molecule is CCC1CCCN1c1ccc(CNC(C)C)c(Br)c1. The van der Waals surface area contributed by atoms with Gasteiger partial charge in [0.25, 0.3) is 0 Å². The van der Waals surface area contributed by atoms with Crippen molar-refractivity contribution in [2.45, 2.75) is 58.7 Å². The largest absolute Gasteiger partial charge is 0.369 e. The van der Waals surface area contributed by atoms with Crippen LogP contribution in [0.1, 0.15) is 45.6 Å². The summed E-state index contributed by atoms with van der Waals surface area (Å²) in [4.78, 5) is 2.56. The van der Waals surface area contributed by atoms with Gasteiger partial charge in [-0.2, -0.15) is 0 Å². The van der Waals surface area contributed by atoms with E-state index in [0.29, 0.717) is 6.04 Å². The van der Waals surface area contributed by atoms with Crippen molar-refractivity contribution in [2.75, 3.05) is 11.4 Å². The fourth-order valence-corrected chi connectivity index (χ4v) is 3.28. The van der Waals surface area contributed by atoms with Gasteiger partial charge in [0, 0.05) is 35.3 Å². The lowest BCUT2D eigenvalue weighted by atomic mass is 10.1. The molecule has 0 aromatic heterocycles. The molecular weight excluding hydrogens is 300 g/mol. The molecule has 2 rings (SSSR count). The molecular formula is C16H25BrN2. The number of rotatable bonds is 5. The molecule has 1 aromatic rings. The topological polar surface area (TPSA) is 15.3 Å². The van der Waals surface area contributed by atoms with Gasteiger partial charge in [-0.25, -0.2) is 0 Å². The minimum Gasteiger partial charge on any atom is -0.369 e. The Kier molecular flexibility index (Phi) is 5.28. The van der Waals surface area contributed by atoms with Gasteiger partial charge in [0.1, 0.15) is 0 Å². The first kappa shape index (κ1) is 14.9. The first-order chi connectivity index (χ1) is 9.11. The molecule has 1 saturated heterocycles. The van der Waals surface area contributed by atoms with Crippen LogP contribution in [0.3, 0.4) is 0 Å². The summed E-state index contributed by atoms with van der Waals surface area (Å²) in [7, 11) is 0. The molecule has 1 N–H and O–H groups in total. The second kappa shape index (κ2) is 6.76. The molecule has 106 valence electrons. The lowest BCUT2D eigenvalue weighted by molar-refractivity contribution is 0.587. The highest BCUT2D eigenvalue weighted by Crippen LogP contribution is 2.30. The lowest BCUT2D eigenvalue weighted by Gasteiger charge is -2.26. The highest BCUT2D eigenvalue weighted by molar-refractivity contribution is 9.10. The normalized spacial score (nSPS) is 19.4. The molecule has 1 atom stereocenters. The number of hydrogen-bond acceptors (Lipinski definition) is 2. The van der Waals surface area contributed by atoms with Crippen LogP contribution >= 0.6 is 15.9 Å². The molecule has 0 spiro atoms. The zero-order valence-electron chi connectivity index (χ0n) is 12.2. The van der Waals surface area contributed by atoms with Crippen molar-refractivity contribution >= 4 is 21.6 Å². The molecule has 1 fully saturated rings. The van der Waals surface area contributed by atoms with Crippen molar-refractivity contribution in [1.29, 1.82) is 0 Å². The predicted molar refractivity (Wildman–Crippen MR) is 86.8 cm³/mol. The Morgan fingerprint density at radius 3 is 2.84 bits per heavy atom. The van der Waals surface area contributed by atoms with Crippen molar-refractivity contribution in [3.05, 3.63) is 28.2 Å². The summed E-state index contributed by atoms with van der Waals surface area (Å²) in [5.41, 5.74) is 2.70. The molecule has 0 saturated carbocycles. The summed E-state index contributed by atoms with van der Waals surface area (Å²) >= 11 is 3.72. The standard InChI is InChI=1S/C16H25BrN2/c1-4-14-6-5-9-19(14)15-8-7-13(16(17)10-15)11-18-12(2)3/h7-8,10,12,14,18H,4-6,9,11H2,1-3H3. The smallest absolute Gasteiger partial charge is 0.0380 e. The van der Waals surface area contributed by atoms with Crippen LogP contribution in [0.15, 0.2) is 22.7 Å². The minimum atomic E-state index is 0.523. The molecule has 1 aromatic carbocycles. The van der Waals surface area contributed by atoms with Crippen LogP contribution in [0.2, 0.25) is 0 Å². The van der Waals surface area contributed by atoms with Crippen LogP contribution in [0.4, 0.5) is 5.69 Å². The van der Waals surface area contributed by atoms with Crippen molar-refractivity contribution in [1.82, 2.24) is 5.32 Å². The van der Waals surface area contributed by atoms with E-state index >= 15 is 0 Å². The highest BCUT2D eigenvalue weighted by Gasteiger charge is 2.23. The number of anilines is 1. The Bertz CT molecular complexity index is 417. The second-order valence-corrected chi connectivity index (χ2v) is 6.56. The fourth-order valence-electron chi connectivity index (χ4n) is 2.77. The van der Waals surface area contributed by atoms with Crippen LogP contribution in [-0.4, -0.2) is 18.6 Å². The van der Waals surface area contributed by atoms with Crippen molar-refractivity contribution in [3.8, 4) is 0 Å². The third-order valence-electron chi connectivity index (χ3n) is 3.92. The fraction of sp³-hybridized carbons (Fsp3) is 0.625. The minimum absolute atomic E-state index is 0.523. The average Bonchev–Trinajstić information content (AvgIpc) is 2.85. The molecule has 0 amide bonds. The van der Waals surface area contributed by atoms with Crippen molar-refractivity contribution in [3.63, 3.8) is 0 Å². The van der Waals surface area contributed by atoms with E-state index in [0.717, 1.165) is 12.6 Å². The third-order valence-corrected chi connectivity index (χ3v) is 4.66. The Morgan fingerprint density at radius 2 is 2.21 bits per heavy atom. The van der Waals surface area contributed by atoms with E-state index in [1.807, 2.05) is 0 Å². The first-order valence-corrected chi connectivity index (χ1v) is 8.19. The zero-order valence-corrected chi connectivity index (χ0v) is 13.8. The summed E-state index contributed by atoms with van der Waals surface area (Å²) in [5, 5.41) is 3.47. The summed E-state index contributed by atoms with van der Waals surface area (Å²) in [6.07, 6.45) is 3.91. The van der Waals surface area contributed by atoms with Gasteiger partial charge in [-0.05, 0) is 37.0 Å². The molecule has 1 aliphatic heterocycles. The molecule has 1 unspecified atom stereocenters. The predicted octanol–water partition coefficient (Wildman–Crippen LogP) is 4.33. The maximum Gasteiger partial charge on any atom is 0.0380 e. The summed E-state index contributed by atoms with van der Waals surface area (Å²) in [5.74, 6) is 0. The highest BCUT2D eigenvalue weighted by atomic mass is 79.9. The maximum atomic E-state index is 3.72. The molecule has 0 bridgehead atoms. The van der Waals surface area contributed by atoms with Crippen LogP contribution in [0.25, 0.3) is 0 Å². The Balaban J connectivity index is 2.10. The van der Waals surface area contributed by atoms with Gasteiger partial charge in [-0.3, -0.25) is 0 Å². The molecule has 0 radical (unpaired) electrons. The third kappa shape index (κ3) is 3.73. The van der Waals surface area contributed by atoms with E-state index in [1.165, 1.54) is 41.5 Å². The molecule has 19 heavy (non-hydrogen) atoms. The van der Waals surface area contributed by atoms with Gasteiger partial charge in [-0.15, -0.1) is 0 Å². The van der Waals surface area contributed by atoms with E-state index < -0.39 is 0 Å². The van der Waals surface area contributed by atoms with Gasteiger partial charge < -0.3 is 10.2 Å². The van der Waals surface area contributed by atoms with Gasteiger partial charge in [-0.1, -0.05) is 42.8 Å². The van der Waals surface area contributed by atoms with E-state index in [-0.39, 0.29) is 0 Å². The monoisotopic (exact) mass is 324 g/mol. The van der Waals surface area contributed by atoms with E-state index in [9.17, 15) is 0 Å². The summed E-state index contributed by atoms with van der Waals surface area (Å²) in [6.45, 7) is 8.78. The molecule has 1 aliphatic rings. The van der Waals surface area contributed by atoms with Crippen LogP contribution in [0, 0.1) is 0 Å². The van der Waals surface area contributed by atoms with Crippen LogP contribution in [0.5, 0.6) is 0 Å². The number of nitrogens with zero attached hydrogens (tertiary/aromatic N) is 1. The second-order valence-electron chi connectivity index (χ2n) is 5.71. The lowest BCUT2D eigenvalue weighted by Crippen LogP contribution is -2.28. The molecule has 0 aliphatic carbocycles. The van der Waals surface area contributed by atoms with E-state index in [4.69, 9.17) is 0 Å². The maximum absolute atomic E-state index is 3.72. The van der Waals surface area contributed by atoms with Crippen molar-refractivity contribution < 1.29 is 0 Å². The van der Waals surface area contributed by atoms with Crippen LogP contribution in [-0.2, 0) is 6.54 Å². The molecule has 1 heterocycles. The number of benzene rings is 1. The zero-order chi connectivity index (χ0) is 13.8. The Morgan fingerprint density at radius 1 is 1.42 bits per heavy atom. The van der Waals surface area contributed by atoms with Gasteiger partial charge in [0.15, 0.2) is 0 Å². The van der Waals surface area contributed by atoms with Gasteiger partial charge in [0.05, 0.1) is 0 Å². The Labute approximate surface area is 125 Å². The van der Waals surface area contributed by atoms with E-state index in [1.54, 1.807) is 0 Å². The van der Waals surface area contributed by atoms with E-state index in [2.05, 4.69) is 65.1 Å². The summed E-state index contributed by atoms with van der Waals surface area (Å²) < 4.78 is 1.22. The number of nitrogens with one attached hydrogen (secondary N) is 1. The summed E-state index contributed by atoms with van der Waals surface area (Å²) in [6, 6.07) is 8.06. The average molecular weight is 325 g/mol. The molecule has 3 heteroatoms. The molecule has 2 nitrogen and oxygen atoms in total. The Hall–Kier alpha value is -0.540.